The standard InChI is InChI=1S/C21H23N3O2/c1-15-18(16(2)26-23-15)12-13-20(25)24(3)21(17-9-5-4-6-10-17)19-11-7-8-14-22-19/h4-11,14,21H,12-13H2,1-3H3/t21-/m1/s1. The van der Waals surface area contributed by atoms with Gasteiger partial charge in [-0.1, -0.05) is 41.6 Å². The number of rotatable bonds is 6. The van der Waals surface area contributed by atoms with Gasteiger partial charge in [0.1, 0.15) is 5.76 Å². The van der Waals surface area contributed by atoms with Gasteiger partial charge in [0.2, 0.25) is 5.91 Å². The molecule has 0 aliphatic rings. The molecule has 0 aliphatic carbocycles. The molecule has 2 heterocycles. The van der Waals surface area contributed by atoms with Gasteiger partial charge in [0.15, 0.2) is 0 Å². The van der Waals surface area contributed by atoms with Crippen molar-refractivity contribution in [2.45, 2.75) is 32.7 Å². The van der Waals surface area contributed by atoms with Crippen molar-refractivity contribution in [3.05, 3.63) is 83.0 Å². The van der Waals surface area contributed by atoms with Crippen LogP contribution in [0.15, 0.2) is 59.3 Å². The number of hydrogen-bond donors (Lipinski definition) is 0. The van der Waals surface area contributed by atoms with Crippen molar-refractivity contribution in [2.75, 3.05) is 7.05 Å². The first-order chi connectivity index (χ1) is 12.6. The first kappa shape index (κ1) is 17.9. The molecule has 5 heteroatoms. The highest BCUT2D eigenvalue weighted by atomic mass is 16.5. The number of amides is 1. The van der Waals surface area contributed by atoms with Crippen molar-refractivity contribution >= 4 is 5.91 Å². The van der Waals surface area contributed by atoms with E-state index < -0.39 is 0 Å². The number of benzene rings is 1. The molecule has 0 saturated heterocycles. The van der Waals surface area contributed by atoms with Crippen LogP contribution in [0.5, 0.6) is 0 Å². The molecule has 0 N–H and O–H groups in total. The highest BCUT2D eigenvalue weighted by Crippen LogP contribution is 2.27. The highest BCUT2D eigenvalue weighted by molar-refractivity contribution is 5.77. The zero-order valence-electron chi connectivity index (χ0n) is 15.3. The third-order valence-electron chi connectivity index (χ3n) is 4.63. The second kappa shape index (κ2) is 7.95. The molecule has 134 valence electrons. The Kier molecular flexibility index (Phi) is 5.46. The maximum Gasteiger partial charge on any atom is 0.223 e. The lowest BCUT2D eigenvalue weighted by Crippen LogP contribution is -2.32. The third kappa shape index (κ3) is 3.82. The van der Waals surface area contributed by atoms with E-state index in [9.17, 15) is 4.79 Å². The largest absolute Gasteiger partial charge is 0.361 e. The van der Waals surface area contributed by atoms with Crippen LogP contribution < -0.4 is 0 Å². The molecule has 0 aliphatic heterocycles. The molecule has 5 nitrogen and oxygen atoms in total. The van der Waals surface area contributed by atoms with E-state index >= 15 is 0 Å². The lowest BCUT2D eigenvalue weighted by Gasteiger charge is -2.28. The fraction of sp³-hybridized carbons (Fsp3) is 0.286. The Hall–Kier alpha value is -2.95. The van der Waals surface area contributed by atoms with Crippen LogP contribution in [-0.4, -0.2) is 28.0 Å². The van der Waals surface area contributed by atoms with Crippen LogP contribution in [0.4, 0.5) is 0 Å². The van der Waals surface area contributed by atoms with Crippen LogP contribution in [0.3, 0.4) is 0 Å². The molecule has 0 saturated carbocycles. The maximum atomic E-state index is 12.9. The zero-order chi connectivity index (χ0) is 18.5. The molecule has 2 aromatic heterocycles. The molecule has 3 aromatic rings. The lowest BCUT2D eigenvalue weighted by molar-refractivity contribution is -0.131. The smallest absolute Gasteiger partial charge is 0.223 e. The van der Waals surface area contributed by atoms with Crippen LogP contribution in [0.25, 0.3) is 0 Å². The zero-order valence-corrected chi connectivity index (χ0v) is 15.3. The quantitative estimate of drug-likeness (QED) is 0.678. The van der Waals surface area contributed by atoms with Crippen molar-refractivity contribution in [3.8, 4) is 0 Å². The Bertz CT molecular complexity index is 800. The van der Waals surface area contributed by atoms with E-state index in [0.717, 1.165) is 28.3 Å². The van der Waals surface area contributed by atoms with Crippen LogP contribution in [0, 0.1) is 13.8 Å². The summed E-state index contributed by atoms with van der Waals surface area (Å²) in [7, 11) is 1.84. The van der Waals surface area contributed by atoms with E-state index in [2.05, 4.69) is 10.1 Å². The first-order valence-electron chi connectivity index (χ1n) is 8.71. The van der Waals surface area contributed by atoms with Gasteiger partial charge >= 0.3 is 0 Å². The molecule has 1 aromatic carbocycles. The number of carbonyl (C=O) groups excluding carboxylic acids is 1. The van der Waals surface area contributed by atoms with Crippen molar-refractivity contribution in [2.24, 2.45) is 0 Å². The number of pyridine rings is 1. The average molecular weight is 349 g/mol. The summed E-state index contributed by atoms with van der Waals surface area (Å²) in [6.07, 6.45) is 2.77. The molecule has 0 bridgehead atoms. The Morgan fingerprint density at radius 1 is 1.12 bits per heavy atom. The fourth-order valence-electron chi connectivity index (χ4n) is 3.18. The van der Waals surface area contributed by atoms with E-state index in [-0.39, 0.29) is 11.9 Å². The Labute approximate surface area is 153 Å². The molecule has 3 rings (SSSR count). The van der Waals surface area contributed by atoms with Gasteiger partial charge in [-0.3, -0.25) is 9.78 Å². The summed E-state index contributed by atoms with van der Waals surface area (Å²) in [5, 5.41) is 3.96. The normalized spacial score (nSPS) is 12.0. The van der Waals surface area contributed by atoms with Crippen LogP contribution in [0.1, 0.15) is 40.7 Å². The van der Waals surface area contributed by atoms with E-state index in [1.807, 2.05) is 69.4 Å². The summed E-state index contributed by atoms with van der Waals surface area (Å²) in [6, 6.07) is 15.5. The predicted octanol–water partition coefficient (Wildman–Crippen LogP) is 3.87. The Morgan fingerprint density at radius 2 is 1.85 bits per heavy atom. The molecule has 26 heavy (non-hydrogen) atoms. The van der Waals surface area contributed by atoms with Crippen LogP contribution in [-0.2, 0) is 11.2 Å². The minimum absolute atomic E-state index is 0.0597. The second-order valence-corrected chi connectivity index (χ2v) is 6.38. The number of hydrogen-bond acceptors (Lipinski definition) is 4. The highest BCUT2D eigenvalue weighted by Gasteiger charge is 2.24. The first-order valence-corrected chi connectivity index (χ1v) is 8.71. The summed E-state index contributed by atoms with van der Waals surface area (Å²) >= 11 is 0. The topological polar surface area (TPSA) is 59.2 Å². The third-order valence-corrected chi connectivity index (χ3v) is 4.63. The average Bonchev–Trinajstić information content (AvgIpc) is 2.99. The molecule has 0 spiro atoms. The molecular formula is C21H23N3O2. The summed E-state index contributed by atoms with van der Waals surface area (Å²) < 4.78 is 5.19. The molecule has 0 fully saturated rings. The minimum Gasteiger partial charge on any atom is -0.361 e. The van der Waals surface area contributed by atoms with Crippen molar-refractivity contribution in [1.29, 1.82) is 0 Å². The van der Waals surface area contributed by atoms with Gasteiger partial charge in [0, 0.05) is 25.2 Å². The van der Waals surface area contributed by atoms with Gasteiger partial charge in [-0.2, -0.15) is 0 Å². The van der Waals surface area contributed by atoms with Gasteiger partial charge in [0.05, 0.1) is 17.4 Å². The minimum atomic E-state index is -0.213. The molecule has 1 amide bonds. The molecular weight excluding hydrogens is 326 g/mol. The van der Waals surface area contributed by atoms with E-state index in [1.54, 1.807) is 11.1 Å². The number of aryl methyl sites for hydroxylation is 2. The number of carbonyl (C=O) groups is 1. The van der Waals surface area contributed by atoms with Gasteiger partial charge in [-0.05, 0) is 38.0 Å². The van der Waals surface area contributed by atoms with Gasteiger partial charge in [-0.15, -0.1) is 0 Å². The molecule has 0 unspecified atom stereocenters. The monoisotopic (exact) mass is 349 g/mol. The fourth-order valence-corrected chi connectivity index (χ4v) is 3.18. The Balaban J connectivity index is 1.81. The van der Waals surface area contributed by atoms with Gasteiger partial charge in [-0.25, -0.2) is 0 Å². The van der Waals surface area contributed by atoms with Crippen molar-refractivity contribution < 1.29 is 9.32 Å². The van der Waals surface area contributed by atoms with Gasteiger partial charge < -0.3 is 9.42 Å². The summed E-state index contributed by atoms with van der Waals surface area (Å²) in [5.74, 6) is 0.840. The summed E-state index contributed by atoms with van der Waals surface area (Å²) in [5.41, 5.74) is 3.76. The summed E-state index contributed by atoms with van der Waals surface area (Å²) in [4.78, 5) is 19.1. The SMILES string of the molecule is Cc1noc(C)c1CCC(=O)N(C)[C@H](c1ccccc1)c1ccccn1. The molecule has 0 radical (unpaired) electrons. The van der Waals surface area contributed by atoms with Crippen molar-refractivity contribution in [3.63, 3.8) is 0 Å². The predicted molar refractivity (Wildman–Crippen MR) is 99.6 cm³/mol. The van der Waals surface area contributed by atoms with Gasteiger partial charge in [0.25, 0.3) is 0 Å². The molecule has 1 atom stereocenters. The number of nitrogens with zero attached hydrogens (tertiary/aromatic N) is 3. The second-order valence-electron chi connectivity index (χ2n) is 6.38. The van der Waals surface area contributed by atoms with E-state index in [4.69, 9.17) is 4.52 Å². The maximum absolute atomic E-state index is 12.9. The van der Waals surface area contributed by atoms with Crippen LogP contribution >= 0.6 is 0 Å². The van der Waals surface area contributed by atoms with E-state index in [0.29, 0.717) is 12.8 Å². The Morgan fingerprint density at radius 3 is 2.46 bits per heavy atom. The van der Waals surface area contributed by atoms with E-state index in [1.165, 1.54) is 0 Å². The van der Waals surface area contributed by atoms with Crippen LogP contribution in [0.2, 0.25) is 0 Å². The van der Waals surface area contributed by atoms with Crippen molar-refractivity contribution in [1.82, 2.24) is 15.0 Å². The summed E-state index contributed by atoms with van der Waals surface area (Å²) in [6.45, 7) is 3.78. The number of aromatic nitrogens is 2. The lowest BCUT2D eigenvalue weighted by atomic mass is 10.0.